The Balaban J connectivity index is 1.82. The van der Waals surface area contributed by atoms with Gasteiger partial charge in [0, 0.05) is 57.3 Å². The summed E-state index contributed by atoms with van der Waals surface area (Å²) in [6, 6.07) is 4.27. The van der Waals surface area contributed by atoms with Crippen LogP contribution in [-0.2, 0) is 6.54 Å². The molecule has 0 radical (unpaired) electrons. The fourth-order valence-electron chi connectivity index (χ4n) is 2.52. The topological polar surface area (TPSA) is 55.8 Å². The predicted octanol–water partition coefficient (Wildman–Crippen LogP) is 1.64. The van der Waals surface area contributed by atoms with Crippen LogP contribution in [0.25, 0.3) is 0 Å². The van der Waals surface area contributed by atoms with Gasteiger partial charge >= 0.3 is 0 Å². The average molecular weight is 365 g/mol. The Labute approximate surface area is 156 Å². The van der Waals surface area contributed by atoms with Crippen LogP contribution in [0.4, 0.5) is 5.82 Å². The molecular formula is C18H32N6S. The molecule has 0 bridgehead atoms. The molecule has 1 saturated heterocycles. The molecule has 0 aliphatic carbocycles. The molecule has 1 aliphatic heterocycles. The Hall–Kier alpha value is -1.47. The Morgan fingerprint density at radius 3 is 2.52 bits per heavy atom. The summed E-state index contributed by atoms with van der Waals surface area (Å²) in [5.41, 5.74) is 1.16. The number of nitrogens with zero attached hydrogens (tertiary/aromatic N) is 4. The molecular weight excluding hydrogens is 332 g/mol. The van der Waals surface area contributed by atoms with E-state index in [1.165, 1.54) is 0 Å². The summed E-state index contributed by atoms with van der Waals surface area (Å²) >= 11 is 1.85. The van der Waals surface area contributed by atoms with Gasteiger partial charge < -0.3 is 20.4 Å². The number of pyridine rings is 1. The second-order valence-electron chi connectivity index (χ2n) is 7.06. The number of likely N-dealkylation sites (N-methyl/N-ethyl adjacent to an activating group) is 1. The van der Waals surface area contributed by atoms with Crippen LogP contribution in [0, 0.1) is 0 Å². The number of piperazine rings is 1. The van der Waals surface area contributed by atoms with Gasteiger partial charge in [-0.05, 0) is 38.8 Å². The maximum Gasteiger partial charge on any atom is 0.191 e. The highest BCUT2D eigenvalue weighted by Crippen LogP contribution is 2.19. The first kappa shape index (κ1) is 19.8. The van der Waals surface area contributed by atoms with Crippen molar-refractivity contribution in [2.24, 2.45) is 4.99 Å². The lowest BCUT2D eigenvalue weighted by atomic mass is 10.2. The van der Waals surface area contributed by atoms with E-state index < -0.39 is 0 Å². The molecule has 1 aromatic rings. The number of hydrogen-bond acceptors (Lipinski definition) is 5. The highest BCUT2D eigenvalue weighted by atomic mass is 32.2. The van der Waals surface area contributed by atoms with E-state index in [-0.39, 0.29) is 4.75 Å². The van der Waals surface area contributed by atoms with Crippen molar-refractivity contribution >= 4 is 23.5 Å². The number of hydrogen-bond donors (Lipinski definition) is 2. The predicted molar refractivity (Wildman–Crippen MR) is 110 cm³/mol. The molecule has 2 heterocycles. The molecule has 0 saturated carbocycles. The highest BCUT2D eigenvalue weighted by molar-refractivity contribution is 7.99. The van der Waals surface area contributed by atoms with Crippen LogP contribution >= 0.6 is 11.8 Å². The van der Waals surface area contributed by atoms with Gasteiger partial charge in [0.15, 0.2) is 5.96 Å². The Morgan fingerprint density at radius 1 is 1.24 bits per heavy atom. The molecule has 2 N–H and O–H groups in total. The SMILES string of the molecule is CN=C(NCc1ccc(N2CCN(C)CC2)nc1)NCC(C)(C)SC. The largest absolute Gasteiger partial charge is 0.355 e. The van der Waals surface area contributed by atoms with Crippen molar-refractivity contribution in [3.05, 3.63) is 23.9 Å². The smallest absolute Gasteiger partial charge is 0.191 e. The van der Waals surface area contributed by atoms with Crippen molar-refractivity contribution in [2.45, 2.75) is 25.1 Å². The van der Waals surface area contributed by atoms with Crippen LogP contribution in [0.1, 0.15) is 19.4 Å². The third kappa shape index (κ3) is 6.40. The summed E-state index contributed by atoms with van der Waals surface area (Å²) in [6.45, 7) is 10.3. The maximum atomic E-state index is 4.63. The third-order valence-corrected chi connectivity index (χ3v) is 5.80. The van der Waals surface area contributed by atoms with Gasteiger partial charge in [-0.2, -0.15) is 11.8 Å². The van der Waals surface area contributed by atoms with Gasteiger partial charge in [0.25, 0.3) is 0 Å². The zero-order chi connectivity index (χ0) is 18.3. The van der Waals surface area contributed by atoms with Crippen LogP contribution < -0.4 is 15.5 Å². The monoisotopic (exact) mass is 364 g/mol. The molecule has 0 amide bonds. The van der Waals surface area contributed by atoms with Crippen molar-refractivity contribution < 1.29 is 0 Å². The number of nitrogens with one attached hydrogen (secondary N) is 2. The second-order valence-corrected chi connectivity index (χ2v) is 8.57. The van der Waals surface area contributed by atoms with Crippen LogP contribution in [-0.4, -0.2) is 73.7 Å². The van der Waals surface area contributed by atoms with Gasteiger partial charge in [-0.25, -0.2) is 4.98 Å². The molecule has 1 fully saturated rings. The van der Waals surface area contributed by atoms with E-state index in [1.54, 1.807) is 7.05 Å². The minimum Gasteiger partial charge on any atom is -0.355 e. The van der Waals surface area contributed by atoms with Crippen molar-refractivity contribution in [1.82, 2.24) is 20.5 Å². The average Bonchev–Trinajstić information content (AvgIpc) is 2.63. The minimum absolute atomic E-state index is 0.184. The maximum absolute atomic E-state index is 4.63. The number of aromatic nitrogens is 1. The molecule has 2 rings (SSSR count). The van der Waals surface area contributed by atoms with Crippen LogP contribution in [0.2, 0.25) is 0 Å². The zero-order valence-electron chi connectivity index (χ0n) is 16.2. The number of rotatable bonds is 6. The van der Waals surface area contributed by atoms with Crippen LogP contribution in [0.15, 0.2) is 23.3 Å². The molecule has 6 nitrogen and oxygen atoms in total. The summed E-state index contributed by atoms with van der Waals surface area (Å²) in [5.74, 6) is 1.89. The summed E-state index contributed by atoms with van der Waals surface area (Å²) in [4.78, 5) is 13.6. The first-order chi connectivity index (χ1) is 11.9. The normalized spacial score (nSPS) is 16.8. The molecule has 0 unspecified atom stereocenters. The number of anilines is 1. The molecule has 1 aliphatic rings. The van der Waals surface area contributed by atoms with Gasteiger partial charge in [-0.15, -0.1) is 0 Å². The molecule has 0 aromatic carbocycles. The fraction of sp³-hybridized carbons (Fsp3) is 0.667. The van der Waals surface area contributed by atoms with E-state index in [1.807, 2.05) is 18.0 Å². The van der Waals surface area contributed by atoms with E-state index in [0.717, 1.165) is 56.6 Å². The number of guanidine groups is 1. The zero-order valence-corrected chi connectivity index (χ0v) is 17.0. The molecule has 0 spiro atoms. The summed E-state index contributed by atoms with van der Waals surface area (Å²) in [6.07, 6.45) is 4.09. The van der Waals surface area contributed by atoms with Crippen molar-refractivity contribution in [2.75, 3.05) is 58.0 Å². The molecule has 0 atom stereocenters. The van der Waals surface area contributed by atoms with Crippen LogP contribution in [0.3, 0.4) is 0 Å². The first-order valence-corrected chi connectivity index (χ1v) is 10.0. The summed E-state index contributed by atoms with van der Waals surface area (Å²) in [5, 5.41) is 6.74. The Morgan fingerprint density at radius 2 is 1.96 bits per heavy atom. The van der Waals surface area contributed by atoms with Crippen molar-refractivity contribution in [3.8, 4) is 0 Å². The number of thioether (sulfide) groups is 1. The van der Waals surface area contributed by atoms with E-state index in [0.29, 0.717) is 0 Å². The Kier molecular flexibility index (Phi) is 7.38. The van der Waals surface area contributed by atoms with Gasteiger partial charge in [-0.1, -0.05) is 6.07 Å². The lowest BCUT2D eigenvalue weighted by molar-refractivity contribution is 0.312. The quantitative estimate of drug-likeness (QED) is 0.591. The van der Waals surface area contributed by atoms with E-state index >= 15 is 0 Å². The van der Waals surface area contributed by atoms with Crippen molar-refractivity contribution in [1.29, 1.82) is 0 Å². The van der Waals surface area contributed by atoms with E-state index in [9.17, 15) is 0 Å². The first-order valence-electron chi connectivity index (χ1n) is 8.81. The summed E-state index contributed by atoms with van der Waals surface area (Å²) < 4.78 is 0.184. The molecule has 7 heteroatoms. The molecule has 25 heavy (non-hydrogen) atoms. The minimum atomic E-state index is 0.184. The second kappa shape index (κ2) is 9.29. The lowest BCUT2D eigenvalue weighted by Crippen LogP contribution is -2.44. The van der Waals surface area contributed by atoms with Crippen LogP contribution in [0.5, 0.6) is 0 Å². The van der Waals surface area contributed by atoms with Gasteiger partial charge in [-0.3, -0.25) is 4.99 Å². The fourth-order valence-corrected chi connectivity index (χ4v) is 2.74. The highest BCUT2D eigenvalue weighted by Gasteiger charge is 2.16. The van der Waals surface area contributed by atoms with Gasteiger partial charge in [0.1, 0.15) is 5.82 Å². The van der Waals surface area contributed by atoms with Crippen molar-refractivity contribution in [3.63, 3.8) is 0 Å². The number of aliphatic imine (C=N–C) groups is 1. The van der Waals surface area contributed by atoms with E-state index in [4.69, 9.17) is 0 Å². The van der Waals surface area contributed by atoms with Gasteiger partial charge in [0.05, 0.1) is 0 Å². The summed E-state index contributed by atoms with van der Waals surface area (Å²) in [7, 11) is 3.97. The van der Waals surface area contributed by atoms with Gasteiger partial charge in [0.2, 0.25) is 0 Å². The standard InChI is InChI=1S/C18H32N6S/c1-18(2,25-5)14-22-17(19-3)21-13-15-6-7-16(20-12-15)24-10-8-23(4)9-11-24/h6-7,12H,8-11,13-14H2,1-5H3,(H2,19,21,22). The third-order valence-electron chi connectivity index (χ3n) is 4.55. The Bertz CT molecular complexity index is 549. The lowest BCUT2D eigenvalue weighted by Gasteiger charge is -2.33. The molecule has 1 aromatic heterocycles. The molecule has 140 valence electrons. The van der Waals surface area contributed by atoms with E-state index in [2.05, 4.69) is 69.7 Å².